The van der Waals surface area contributed by atoms with Gasteiger partial charge in [-0.3, -0.25) is 4.79 Å². The summed E-state index contributed by atoms with van der Waals surface area (Å²) in [5, 5.41) is 14.3. The van der Waals surface area contributed by atoms with Gasteiger partial charge in [0.15, 0.2) is 5.69 Å². The lowest BCUT2D eigenvalue weighted by Crippen LogP contribution is -2.29. The number of anilines is 1. The predicted molar refractivity (Wildman–Crippen MR) is 98.6 cm³/mol. The largest absolute Gasteiger partial charge is 0.494 e. The highest BCUT2D eigenvalue weighted by Crippen LogP contribution is 2.18. The van der Waals surface area contributed by atoms with Gasteiger partial charge < -0.3 is 15.4 Å². The fraction of sp³-hybridized carbons (Fsp3) is 0.471. The minimum absolute atomic E-state index is 0. The molecule has 7 nitrogen and oxygen atoms in total. The van der Waals surface area contributed by atoms with Crippen molar-refractivity contribution in [3.8, 4) is 5.75 Å². The van der Waals surface area contributed by atoms with Crippen LogP contribution in [0.3, 0.4) is 0 Å². The summed E-state index contributed by atoms with van der Waals surface area (Å²) in [6.07, 6.45) is 4.70. The fourth-order valence-electron chi connectivity index (χ4n) is 2.68. The van der Waals surface area contributed by atoms with Crippen molar-refractivity contribution in [2.75, 3.05) is 25.0 Å². The van der Waals surface area contributed by atoms with Gasteiger partial charge in [-0.05, 0) is 56.6 Å². The molecular weight excluding hydrogens is 342 g/mol. The molecule has 1 fully saturated rings. The number of ether oxygens (including phenoxy) is 1. The van der Waals surface area contributed by atoms with E-state index >= 15 is 0 Å². The molecule has 1 aliphatic heterocycles. The van der Waals surface area contributed by atoms with E-state index in [0.29, 0.717) is 24.0 Å². The Balaban J connectivity index is 0.00000225. The molecule has 2 N–H and O–H groups in total. The number of rotatable bonds is 6. The minimum Gasteiger partial charge on any atom is -0.494 e. The molecule has 2 heterocycles. The molecule has 0 unspecified atom stereocenters. The van der Waals surface area contributed by atoms with Crippen LogP contribution in [0.1, 0.15) is 42.7 Å². The number of benzene rings is 1. The summed E-state index contributed by atoms with van der Waals surface area (Å²) >= 11 is 0. The van der Waals surface area contributed by atoms with Crippen LogP contribution < -0.4 is 15.4 Å². The molecule has 1 amide bonds. The smallest absolute Gasteiger partial charge is 0.277 e. The van der Waals surface area contributed by atoms with Crippen molar-refractivity contribution in [3.05, 3.63) is 36.2 Å². The molecule has 0 saturated carbocycles. The number of halogens is 1. The number of nitrogens with zero attached hydrogens (tertiary/aromatic N) is 3. The van der Waals surface area contributed by atoms with E-state index in [1.807, 2.05) is 24.3 Å². The Morgan fingerprint density at radius 3 is 2.72 bits per heavy atom. The van der Waals surface area contributed by atoms with Crippen LogP contribution in [0, 0.1) is 0 Å². The van der Waals surface area contributed by atoms with E-state index in [2.05, 4.69) is 27.9 Å². The summed E-state index contributed by atoms with van der Waals surface area (Å²) in [6, 6.07) is 7.64. The maximum absolute atomic E-state index is 12.3. The zero-order valence-corrected chi connectivity index (χ0v) is 15.1. The van der Waals surface area contributed by atoms with Gasteiger partial charge in [-0.1, -0.05) is 12.1 Å². The molecule has 1 aromatic heterocycles. The van der Waals surface area contributed by atoms with Gasteiger partial charge in [0, 0.05) is 5.69 Å². The van der Waals surface area contributed by atoms with Gasteiger partial charge in [-0.15, -0.1) is 17.5 Å². The average molecular weight is 366 g/mol. The van der Waals surface area contributed by atoms with E-state index in [4.69, 9.17) is 4.74 Å². The van der Waals surface area contributed by atoms with Crippen molar-refractivity contribution < 1.29 is 9.53 Å². The lowest BCUT2D eigenvalue weighted by Gasteiger charge is -2.22. The average Bonchev–Trinajstić information content (AvgIpc) is 3.12. The molecule has 3 rings (SSSR count). The first kappa shape index (κ1) is 19.2. The number of nitrogens with one attached hydrogen (secondary N) is 2. The lowest BCUT2D eigenvalue weighted by molar-refractivity contribution is 0.102. The standard InChI is InChI=1S/C17H23N5O2.ClH/c1-2-11-24-15-5-3-13(4-6-15)19-17(23)16-12-22(21-20-16)14-7-9-18-10-8-14;/h3-6,12,14,18H,2,7-11H2,1H3,(H,19,23);1H. The van der Waals surface area contributed by atoms with Crippen LogP contribution in [0.2, 0.25) is 0 Å². The molecule has 0 atom stereocenters. The molecule has 0 aliphatic carbocycles. The van der Waals surface area contributed by atoms with Gasteiger partial charge in [-0.25, -0.2) is 4.68 Å². The number of hydrogen-bond donors (Lipinski definition) is 2. The van der Waals surface area contributed by atoms with Crippen molar-refractivity contribution in [2.45, 2.75) is 32.2 Å². The highest BCUT2D eigenvalue weighted by Gasteiger charge is 2.18. The molecule has 8 heteroatoms. The molecule has 0 spiro atoms. The Kier molecular flexibility index (Phi) is 7.21. The summed E-state index contributed by atoms with van der Waals surface area (Å²) in [4.78, 5) is 12.3. The number of amides is 1. The summed E-state index contributed by atoms with van der Waals surface area (Å²) < 4.78 is 7.33. The van der Waals surface area contributed by atoms with Crippen molar-refractivity contribution in [3.63, 3.8) is 0 Å². The molecule has 1 aromatic carbocycles. The SMILES string of the molecule is CCCOc1ccc(NC(=O)c2cn(C3CCNCC3)nn2)cc1.Cl. The molecule has 0 radical (unpaired) electrons. The fourth-order valence-corrected chi connectivity index (χ4v) is 2.68. The third-order valence-corrected chi connectivity index (χ3v) is 4.01. The van der Waals surface area contributed by atoms with Crippen LogP contribution in [-0.2, 0) is 0 Å². The van der Waals surface area contributed by atoms with E-state index in [0.717, 1.165) is 38.1 Å². The second-order valence-electron chi connectivity index (χ2n) is 5.89. The molecule has 0 bridgehead atoms. The zero-order valence-electron chi connectivity index (χ0n) is 14.3. The number of carbonyl (C=O) groups excluding carboxylic acids is 1. The van der Waals surface area contributed by atoms with E-state index < -0.39 is 0 Å². The van der Waals surface area contributed by atoms with E-state index in [-0.39, 0.29) is 18.3 Å². The summed E-state index contributed by atoms with van der Waals surface area (Å²) in [6.45, 7) is 4.69. The molecule has 1 aliphatic rings. The Bertz CT molecular complexity index is 668. The highest BCUT2D eigenvalue weighted by atomic mass is 35.5. The summed E-state index contributed by atoms with van der Waals surface area (Å²) in [7, 11) is 0. The van der Waals surface area contributed by atoms with Gasteiger partial charge in [0.05, 0.1) is 18.8 Å². The first-order chi connectivity index (χ1) is 11.8. The third-order valence-electron chi connectivity index (χ3n) is 4.01. The van der Waals surface area contributed by atoms with Crippen molar-refractivity contribution in [1.29, 1.82) is 0 Å². The zero-order chi connectivity index (χ0) is 16.8. The summed E-state index contributed by atoms with van der Waals surface area (Å²) in [5.41, 5.74) is 1.04. The molecule has 1 saturated heterocycles. The van der Waals surface area contributed by atoms with Crippen molar-refractivity contribution in [2.24, 2.45) is 0 Å². The van der Waals surface area contributed by atoms with Crippen LogP contribution in [-0.4, -0.2) is 40.6 Å². The molecular formula is C17H24ClN5O2. The Morgan fingerprint density at radius 2 is 2.04 bits per heavy atom. The lowest BCUT2D eigenvalue weighted by atomic mass is 10.1. The molecule has 2 aromatic rings. The maximum atomic E-state index is 12.3. The topological polar surface area (TPSA) is 81.1 Å². The quantitative estimate of drug-likeness (QED) is 0.822. The Morgan fingerprint density at radius 1 is 1.32 bits per heavy atom. The van der Waals surface area contributed by atoms with Crippen molar-refractivity contribution >= 4 is 24.0 Å². The van der Waals surface area contributed by atoms with Crippen LogP contribution in [0.4, 0.5) is 5.69 Å². The number of carbonyl (C=O) groups is 1. The monoisotopic (exact) mass is 365 g/mol. The Labute approximate surface area is 153 Å². The summed E-state index contributed by atoms with van der Waals surface area (Å²) in [5.74, 6) is 0.545. The van der Waals surface area contributed by atoms with E-state index in [1.165, 1.54) is 0 Å². The third kappa shape index (κ3) is 5.17. The van der Waals surface area contributed by atoms with Gasteiger partial charge in [-0.2, -0.15) is 0 Å². The maximum Gasteiger partial charge on any atom is 0.277 e. The van der Waals surface area contributed by atoms with Crippen LogP contribution in [0.25, 0.3) is 0 Å². The van der Waals surface area contributed by atoms with E-state index in [1.54, 1.807) is 10.9 Å². The highest BCUT2D eigenvalue weighted by molar-refractivity contribution is 6.02. The number of aromatic nitrogens is 3. The number of hydrogen-bond acceptors (Lipinski definition) is 5. The first-order valence-electron chi connectivity index (χ1n) is 8.43. The van der Waals surface area contributed by atoms with Gasteiger partial charge in [0.25, 0.3) is 5.91 Å². The minimum atomic E-state index is -0.252. The van der Waals surface area contributed by atoms with Crippen LogP contribution in [0.15, 0.2) is 30.5 Å². The van der Waals surface area contributed by atoms with Crippen molar-refractivity contribution in [1.82, 2.24) is 20.3 Å². The van der Waals surface area contributed by atoms with Gasteiger partial charge in [0.2, 0.25) is 0 Å². The van der Waals surface area contributed by atoms with Crippen LogP contribution in [0.5, 0.6) is 5.75 Å². The molecule has 136 valence electrons. The van der Waals surface area contributed by atoms with Gasteiger partial charge in [0.1, 0.15) is 5.75 Å². The number of piperidine rings is 1. The van der Waals surface area contributed by atoms with E-state index in [9.17, 15) is 4.79 Å². The second-order valence-corrected chi connectivity index (χ2v) is 5.89. The predicted octanol–water partition coefficient (Wildman–Crippen LogP) is 2.67. The molecule has 25 heavy (non-hydrogen) atoms. The second kappa shape index (κ2) is 9.39. The first-order valence-corrected chi connectivity index (χ1v) is 8.43. The Hall–Kier alpha value is -2.12. The van der Waals surface area contributed by atoms with Crippen LogP contribution >= 0.6 is 12.4 Å². The van der Waals surface area contributed by atoms with Gasteiger partial charge >= 0.3 is 0 Å². The normalized spacial score (nSPS) is 14.6.